The first-order valence-electron chi connectivity index (χ1n) is 10.9. The summed E-state index contributed by atoms with van der Waals surface area (Å²) in [5.74, 6) is -0.414. The number of para-hydroxylation sites is 1. The van der Waals surface area contributed by atoms with Crippen LogP contribution in [0.2, 0.25) is 0 Å². The molecule has 10 heteroatoms. The number of likely N-dealkylation sites (tertiary alicyclic amines) is 1. The lowest BCUT2D eigenvalue weighted by Crippen LogP contribution is -2.41. The summed E-state index contributed by atoms with van der Waals surface area (Å²) in [6.45, 7) is 2.80. The van der Waals surface area contributed by atoms with Gasteiger partial charge in [0.2, 0.25) is 5.91 Å². The maximum absolute atomic E-state index is 12.9. The van der Waals surface area contributed by atoms with E-state index in [9.17, 15) is 18.0 Å². The number of carbonyl (C=O) groups is 2. The van der Waals surface area contributed by atoms with Crippen LogP contribution >= 0.6 is 11.3 Å². The van der Waals surface area contributed by atoms with Gasteiger partial charge in [-0.1, -0.05) is 18.2 Å². The number of carbonyl (C=O) groups excluding carboxylic acids is 2. The molecule has 0 aliphatic carbocycles. The smallest absolute Gasteiger partial charge is 0.264 e. The molecule has 0 saturated carbocycles. The van der Waals surface area contributed by atoms with Crippen molar-refractivity contribution < 1.29 is 18.0 Å². The predicted molar refractivity (Wildman–Crippen MR) is 133 cm³/mol. The Balaban J connectivity index is 1.36. The molecule has 2 amide bonds. The second kappa shape index (κ2) is 9.94. The second-order valence-electron chi connectivity index (χ2n) is 8.18. The average molecular weight is 499 g/mol. The van der Waals surface area contributed by atoms with Crippen molar-refractivity contribution in [2.24, 2.45) is 5.92 Å². The van der Waals surface area contributed by atoms with Crippen molar-refractivity contribution in [3.63, 3.8) is 0 Å². The Bertz CT molecular complexity index is 1270. The highest BCUT2D eigenvalue weighted by atomic mass is 32.2. The number of nitrogens with zero attached hydrogens (tertiary/aromatic N) is 3. The van der Waals surface area contributed by atoms with E-state index in [1.807, 2.05) is 18.4 Å². The van der Waals surface area contributed by atoms with Gasteiger partial charge in [-0.05, 0) is 56.2 Å². The van der Waals surface area contributed by atoms with Crippen LogP contribution in [0.1, 0.15) is 28.9 Å². The number of thiazole rings is 1. The third-order valence-corrected chi connectivity index (χ3v) is 8.56. The van der Waals surface area contributed by atoms with E-state index in [1.165, 1.54) is 47.0 Å². The fourth-order valence-corrected chi connectivity index (χ4v) is 5.74. The number of rotatable bonds is 6. The van der Waals surface area contributed by atoms with Crippen LogP contribution in [0.5, 0.6) is 0 Å². The van der Waals surface area contributed by atoms with Gasteiger partial charge in [0.1, 0.15) is 0 Å². The topological polar surface area (TPSA) is 99.7 Å². The molecule has 0 unspecified atom stereocenters. The van der Waals surface area contributed by atoms with Crippen LogP contribution in [0.15, 0.2) is 64.9 Å². The molecule has 1 aliphatic rings. The molecule has 178 valence electrons. The van der Waals surface area contributed by atoms with E-state index < -0.39 is 10.0 Å². The van der Waals surface area contributed by atoms with E-state index in [1.54, 1.807) is 29.2 Å². The normalized spacial score (nSPS) is 14.6. The van der Waals surface area contributed by atoms with E-state index in [2.05, 4.69) is 10.3 Å². The van der Waals surface area contributed by atoms with Crippen molar-refractivity contribution in [2.45, 2.75) is 24.7 Å². The zero-order valence-electron chi connectivity index (χ0n) is 19.0. The van der Waals surface area contributed by atoms with Gasteiger partial charge in [0, 0.05) is 37.0 Å². The van der Waals surface area contributed by atoms with Gasteiger partial charge in [0.15, 0.2) is 5.13 Å². The number of aryl methyl sites for hydroxylation is 1. The number of hydrogen-bond donors (Lipinski definition) is 1. The van der Waals surface area contributed by atoms with Crippen molar-refractivity contribution in [3.05, 3.63) is 71.2 Å². The largest absolute Gasteiger partial charge is 0.339 e. The number of amides is 2. The monoisotopic (exact) mass is 498 g/mol. The van der Waals surface area contributed by atoms with Gasteiger partial charge in [-0.15, -0.1) is 11.3 Å². The van der Waals surface area contributed by atoms with Crippen LogP contribution in [0.25, 0.3) is 0 Å². The Morgan fingerprint density at radius 3 is 2.29 bits per heavy atom. The fourth-order valence-electron chi connectivity index (χ4n) is 3.85. The first kappa shape index (κ1) is 23.9. The second-order valence-corrected chi connectivity index (χ2v) is 11.0. The van der Waals surface area contributed by atoms with Crippen molar-refractivity contribution in [3.8, 4) is 0 Å². The maximum atomic E-state index is 12.9. The molecule has 3 aromatic rings. The Morgan fingerprint density at radius 1 is 1.06 bits per heavy atom. The molecular formula is C24H26N4O4S2. The van der Waals surface area contributed by atoms with Crippen LogP contribution in [-0.2, 0) is 14.8 Å². The molecule has 0 atom stereocenters. The highest BCUT2D eigenvalue weighted by Crippen LogP contribution is 2.24. The quantitative estimate of drug-likeness (QED) is 0.558. The minimum atomic E-state index is -3.74. The van der Waals surface area contributed by atoms with Crippen molar-refractivity contribution >= 4 is 44.0 Å². The zero-order valence-corrected chi connectivity index (χ0v) is 20.6. The number of anilines is 2. The molecule has 0 radical (unpaired) electrons. The Kier molecular flexibility index (Phi) is 6.99. The van der Waals surface area contributed by atoms with Crippen molar-refractivity contribution in [1.29, 1.82) is 0 Å². The fraction of sp³-hybridized carbons (Fsp3) is 0.292. The Morgan fingerprint density at radius 2 is 1.71 bits per heavy atom. The van der Waals surface area contributed by atoms with Crippen LogP contribution in [0, 0.1) is 12.8 Å². The van der Waals surface area contributed by atoms with Gasteiger partial charge < -0.3 is 10.2 Å². The third-order valence-electron chi connectivity index (χ3n) is 5.88. The summed E-state index contributed by atoms with van der Waals surface area (Å²) in [6, 6.07) is 14.8. The Labute approximate surface area is 203 Å². The zero-order chi connectivity index (χ0) is 24.3. The lowest BCUT2D eigenvalue weighted by molar-refractivity contribution is -0.121. The maximum Gasteiger partial charge on any atom is 0.264 e. The molecular weight excluding hydrogens is 472 g/mol. The molecule has 1 fully saturated rings. The predicted octanol–water partition coefficient (Wildman–Crippen LogP) is 3.77. The van der Waals surface area contributed by atoms with Gasteiger partial charge in [0.25, 0.3) is 15.9 Å². The van der Waals surface area contributed by atoms with E-state index in [4.69, 9.17) is 0 Å². The van der Waals surface area contributed by atoms with Crippen molar-refractivity contribution in [2.75, 3.05) is 29.8 Å². The van der Waals surface area contributed by atoms with Gasteiger partial charge in [-0.25, -0.2) is 13.4 Å². The van der Waals surface area contributed by atoms with Gasteiger partial charge >= 0.3 is 0 Å². The van der Waals surface area contributed by atoms with Crippen LogP contribution < -0.4 is 9.62 Å². The molecule has 2 aromatic carbocycles. The minimum absolute atomic E-state index is 0.0708. The number of hydrogen-bond acceptors (Lipinski definition) is 6. The van der Waals surface area contributed by atoms with Crippen LogP contribution in [-0.4, -0.2) is 50.3 Å². The number of benzene rings is 2. The third kappa shape index (κ3) is 5.13. The molecule has 1 aliphatic heterocycles. The lowest BCUT2D eigenvalue weighted by atomic mass is 9.95. The van der Waals surface area contributed by atoms with Gasteiger partial charge in [0.05, 0.1) is 16.3 Å². The Hall–Kier alpha value is -3.24. The molecule has 8 nitrogen and oxygen atoms in total. The summed E-state index contributed by atoms with van der Waals surface area (Å²) in [7, 11) is -2.24. The summed E-state index contributed by atoms with van der Waals surface area (Å²) < 4.78 is 27.1. The first-order chi connectivity index (χ1) is 16.3. The molecule has 4 rings (SSSR count). The molecule has 0 bridgehead atoms. The number of aromatic nitrogens is 1. The van der Waals surface area contributed by atoms with Crippen molar-refractivity contribution in [1.82, 2.24) is 9.88 Å². The summed E-state index contributed by atoms with van der Waals surface area (Å²) in [4.78, 5) is 31.5. The van der Waals surface area contributed by atoms with E-state index in [-0.39, 0.29) is 22.6 Å². The number of piperidine rings is 1. The highest BCUT2D eigenvalue weighted by molar-refractivity contribution is 7.92. The minimum Gasteiger partial charge on any atom is -0.339 e. The summed E-state index contributed by atoms with van der Waals surface area (Å²) in [6.07, 6.45) is 1.13. The van der Waals surface area contributed by atoms with E-state index in [0.29, 0.717) is 42.3 Å². The molecule has 34 heavy (non-hydrogen) atoms. The summed E-state index contributed by atoms with van der Waals surface area (Å²) >= 11 is 1.39. The lowest BCUT2D eigenvalue weighted by Gasteiger charge is -2.31. The number of sulfonamides is 1. The number of nitrogens with one attached hydrogen (secondary N) is 1. The summed E-state index contributed by atoms with van der Waals surface area (Å²) in [5, 5.41) is 5.33. The van der Waals surface area contributed by atoms with Gasteiger partial charge in [-0.2, -0.15) is 0 Å². The molecule has 1 aromatic heterocycles. The summed E-state index contributed by atoms with van der Waals surface area (Å²) in [5.41, 5.74) is 1.84. The van der Waals surface area contributed by atoms with Gasteiger partial charge in [-0.3, -0.25) is 13.9 Å². The average Bonchev–Trinajstić information content (AvgIpc) is 3.28. The standard InChI is InChI=1S/C24H26N4O4S2/c1-17-16-33-24(25-17)26-22(29)18-12-14-28(15-13-18)23(30)19-8-10-21(11-9-19)34(31,32)27(2)20-6-4-3-5-7-20/h3-11,16,18H,12-15H2,1-2H3,(H,25,26,29). The first-order valence-corrected chi connectivity index (χ1v) is 13.2. The molecule has 2 heterocycles. The van der Waals surface area contributed by atoms with E-state index in [0.717, 1.165) is 5.69 Å². The molecule has 0 spiro atoms. The van der Waals surface area contributed by atoms with E-state index >= 15 is 0 Å². The highest BCUT2D eigenvalue weighted by Gasteiger charge is 2.29. The molecule has 1 saturated heterocycles. The SMILES string of the molecule is Cc1csc(NC(=O)C2CCN(C(=O)c3ccc(S(=O)(=O)N(C)c4ccccc4)cc3)CC2)n1. The van der Waals surface area contributed by atoms with Crippen LogP contribution in [0.3, 0.4) is 0 Å². The molecule has 1 N–H and O–H groups in total. The van der Waals surface area contributed by atoms with Crippen LogP contribution in [0.4, 0.5) is 10.8 Å².